The summed E-state index contributed by atoms with van der Waals surface area (Å²) in [6.07, 6.45) is 10.5. The third-order valence-electron chi connectivity index (χ3n) is 1.40. The molecule has 0 aliphatic rings. The number of methoxy groups -OCH3 is 1. The summed E-state index contributed by atoms with van der Waals surface area (Å²) in [6.45, 7) is 1.78. The van der Waals surface area contributed by atoms with Gasteiger partial charge in [0.15, 0.2) is 0 Å². The van der Waals surface area contributed by atoms with Crippen LogP contribution in [-0.2, 0) is 9.53 Å². The molecule has 15 heavy (non-hydrogen) atoms. The number of hydrogen-bond acceptors (Lipinski definition) is 3. The van der Waals surface area contributed by atoms with Crippen LogP contribution in [0.25, 0.3) is 0 Å². The Bertz CT molecular complexity index is 340. The topological polar surface area (TPSA) is 26.3 Å². The molecule has 0 saturated carbocycles. The third kappa shape index (κ3) is 7.65. The first-order chi connectivity index (χ1) is 7.24. The normalized spacial score (nSPS) is 11.5. The molecule has 0 amide bonds. The zero-order chi connectivity index (χ0) is 11.5. The highest BCUT2D eigenvalue weighted by Gasteiger charge is 1.89. The zero-order valence-corrected chi connectivity index (χ0v) is 9.93. The van der Waals surface area contributed by atoms with Crippen molar-refractivity contribution in [2.45, 2.75) is 6.92 Å². The molecule has 3 heteroatoms. The molecule has 0 atom stereocenters. The molecule has 80 valence electrons. The summed E-state index contributed by atoms with van der Waals surface area (Å²) >= 11 is 1.58. The highest BCUT2D eigenvalue weighted by molar-refractivity contribution is 8.02. The van der Waals surface area contributed by atoms with Crippen LogP contribution in [0.15, 0.2) is 35.3 Å². The SMILES string of the molecule is CC#CC=CC(=CC=CC(=O)OC)SC. The van der Waals surface area contributed by atoms with Crippen molar-refractivity contribution in [1.82, 2.24) is 0 Å². The summed E-state index contributed by atoms with van der Waals surface area (Å²) in [4.78, 5) is 11.8. The fraction of sp³-hybridized carbons (Fsp3) is 0.250. The van der Waals surface area contributed by atoms with E-state index in [1.54, 1.807) is 30.8 Å². The van der Waals surface area contributed by atoms with E-state index in [0.717, 1.165) is 4.91 Å². The van der Waals surface area contributed by atoms with Gasteiger partial charge in [-0.2, -0.15) is 0 Å². The predicted molar refractivity (Wildman–Crippen MR) is 65.3 cm³/mol. The van der Waals surface area contributed by atoms with E-state index in [-0.39, 0.29) is 5.97 Å². The lowest BCUT2D eigenvalue weighted by Crippen LogP contribution is -1.92. The Labute approximate surface area is 95.1 Å². The van der Waals surface area contributed by atoms with Crippen molar-refractivity contribution in [1.29, 1.82) is 0 Å². The van der Waals surface area contributed by atoms with Gasteiger partial charge in [-0.15, -0.1) is 17.7 Å². The summed E-state index contributed by atoms with van der Waals surface area (Å²) in [5.41, 5.74) is 0. The molecule has 0 bridgehead atoms. The largest absolute Gasteiger partial charge is 0.466 e. The van der Waals surface area contributed by atoms with E-state index >= 15 is 0 Å². The minimum absolute atomic E-state index is 0.357. The highest BCUT2D eigenvalue weighted by Crippen LogP contribution is 2.12. The standard InChI is InChI=1S/C12H14O2S/c1-4-5-6-8-11(15-3)9-7-10-12(13)14-2/h6-10H,1-3H3. The molecular weight excluding hydrogens is 208 g/mol. The summed E-state index contributed by atoms with van der Waals surface area (Å²) in [6, 6.07) is 0. The van der Waals surface area contributed by atoms with Gasteiger partial charge >= 0.3 is 5.97 Å². The van der Waals surface area contributed by atoms with Crippen LogP contribution in [0.4, 0.5) is 0 Å². The number of esters is 1. The quantitative estimate of drug-likeness (QED) is 0.316. The van der Waals surface area contributed by atoms with E-state index in [1.165, 1.54) is 13.2 Å². The van der Waals surface area contributed by atoms with Crippen molar-refractivity contribution in [3.8, 4) is 11.8 Å². The maximum absolute atomic E-state index is 10.8. The van der Waals surface area contributed by atoms with Crippen molar-refractivity contribution in [2.24, 2.45) is 0 Å². The second-order valence-corrected chi connectivity index (χ2v) is 3.26. The van der Waals surface area contributed by atoms with Gasteiger partial charge in [0.2, 0.25) is 0 Å². The van der Waals surface area contributed by atoms with Crippen molar-refractivity contribution in [3.63, 3.8) is 0 Å². The average molecular weight is 222 g/mol. The van der Waals surface area contributed by atoms with Crippen molar-refractivity contribution in [3.05, 3.63) is 35.3 Å². The monoisotopic (exact) mass is 222 g/mol. The lowest BCUT2D eigenvalue weighted by molar-refractivity contribution is -0.134. The van der Waals surface area contributed by atoms with Crippen molar-refractivity contribution in [2.75, 3.05) is 13.4 Å². The molecule has 0 unspecified atom stereocenters. The number of hydrogen-bond donors (Lipinski definition) is 0. The van der Waals surface area contributed by atoms with Gasteiger partial charge in [0, 0.05) is 11.0 Å². The molecule has 0 spiro atoms. The van der Waals surface area contributed by atoms with Gasteiger partial charge in [0.1, 0.15) is 0 Å². The number of carbonyl (C=O) groups excluding carboxylic acids is 1. The summed E-state index contributed by atoms with van der Waals surface area (Å²) in [7, 11) is 1.35. The van der Waals surface area contributed by atoms with Crippen LogP contribution in [0.2, 0.25) is 0 Å². The van der Waals surface area contributed by atoms with Crippen LogP contribution in [0.3, 0.4) is 0 Å². The van der Waals surface area contributed by atoms with Crippen molar-refractivity contribution < 1.29 is 9.53 Å². The van der Waals surface area contributed by atoms with Gasteiger partial charge in [0.05, 0.1) is 7.11 Å². The number of allylic oxidation sites excluding steroid dienone is 4. The molecule has 0 rings (SSSR count). The molecule has 0 aliphatic heterocycles. The fourth-order valence-electron chi connectivity index (χ4n) is 0.688. The lowest BCUT2D eigenvalue weighted by Gasteiger charge is -1.92. The number of carbonyl (C=O) groups is 1. The Hall–Kier alpha value is -1.40. The Kier molecular flexibility index (Phi) is 8.31. The Morgan fingerprint density at radius 1 is 1.40 bits per heavy atom. The minimum Gasteiger partial charge on any atom is -0.466 e. The molecule has 0 aromatic carbocycles. The summed E-state index contributed by atoms with van der Waals surface area (Å²) in [5, 5.41) is 0. The molecule has 0 N–H and O–H groups in total. The molecular formula is C12H14O2S. The fourth-order valence-corrected chi connectivity index (χ4v) is 1.11. The lowest BCUT2D eigenvalue weighted by atomic mass is 10.4. The van der Waals surface area contributed by atoms with Crippen LogP contribution in [0, 0.1) is 11.8 Å². The van der Waals surface area contributed by atoms with Crippen LogP contribution in [-0.4, -0.2) is 19.3 Å². The van der Waals surface area contributed by atoms with Gasteiger partial charge in [-0.1, -0.05) is 12.0 Å². The molecule has 2 nitrogen and oxygen atoms in total. The molecule has 0 aliphatic carbocycles. The summed E-state index contributed by atoms with van der Waals surface area (Å²) < 4.78 is 4.46. The first-order valence-electron chi connectivity index (χ1n) is 4.33. The van der Waals surface area contributed by atoms with E-state index in [1.807, 2.05) is 18.4 Å². The number of thioether (sulfide) groups is 1. The molecule has 0 saturated heterocycles. The maximum Gasteiger partial charge on any atom is 0.330 e. The molecule has 0 aromatic heterocycles. The molecule has 0 aromatic rings. The first-order valence-corrected chi connectivity index (χ1v) is 5.56. The predicted octanol–water partition coefficient (Wildman–Crippen LogP) is 2.54. The summed E-state index contributed by atoms with van der Waals surface area (Å²) in [5.74, 6) is 5.23. The van der Waals surface area contributed by atoms with Gasteiger partial charge in [0.25, 0.3) is 0 Å². The average Bonchev–Trinajstić information content (AvgIpc) is 2.26. The Morgan fingerprint density at radius 3 is 2.67 bits per heavy atom. The Balaban J connectivity index is 4.38. The second kappa shape index (κ2) is 9.17. The minimum atomic E-state index is -0.357. The van der Waals surface area contributed by atoms with E-state index in [4.69, 9.17) is 0 Å². The maximum atomic E-state index is 10.8. The van der Waals surface area contributed by atoms with Gasteiger partial charge in [-0.05, 0) is 31.4 Å². The van der Waals surface area contributed by atoms with E-state index in [0.29, 0.717) is 0 Å². The van der Waals surface area contributed by atoms with Gasteiger partial charge in [-0.3, -0.25) is 0 Å². The van der Waals surface area contributed by atoms with Crippen LogP contribution in [0.5, 0.6) is 0 Å². The molecule has 0 fully saturated rings. The Morgan fingerprint density at radius 2 is 2.13 bits per heavy atom. The van der Waals surface area contributed by atoms with Gasteiger partial charge < -0.3 is 4.74 Å². The number of ether oxygens (including phenoxy) is 1. The number of rotatable bonds is 4. The van der Waals surface area contributed by atoms with Gasteiger partial charge in [-0.25, -0.2) is 4.79 Å². The molecule has 0 heterocycles. The first kappa shape index (κ1) is 13.6. The molecule has 0 radical (unpaired) electrons. The van der Waals surface area contributed by atoms with E-state index < -0.39 is 0 Å². The van der Waals surface area contributed by atoms with Crippen LogP contribution >= 0.6 is 11.8 Å². The van der Waals surface area contributed by atoms with Crippen molar-refractivity contribution >= 4 is 17.7 Å². The van der Waals surface area contributed by atoms with E-state index in [9.17, 15) is 4.79 Å². The van der Waals surface area contributed by atoms with E-state index in [2.05, 4.69) is 16.6 Å². The van der Waals surface area contributed by atoms with Crippen LogP contribution in [0.1, 0.15) is 6.92 Å². The zero-order valence-electron chi connectivity index (χ0n) is 9.11. The third-order valence-corrected chi connectivity index (χ3v) is 2.15. The second-order valence-electron chi connectivity index (χ2n) is 2.38. The smallest absolute Gasteiger partial charge is 0.330 e. The highest BCUT2D eigenvalue weighted by atomic mass is 32.2. The van der Waals surface area contributed by atoms with Crippen LogP contribution < -0.4 is 0 Å².